The Kier molecular flexibility index (Phi) is 5.86. The standard InChI is InChI=1S/C20H17ClN4O3/c1-12-14(21)7-5-9-15(12)24-18-11-22-17(10-23-18)19(26)25-16-8-4-3-6-13(16)20(27)28-2/h3-11H,1-2H3,(H,23,24)(H,25,26). The molecule has 0 bridgehead atoms. The number of rotatable bonds is 5. The average Bonchev–Trinajstić information content (AvgIpc) is 2.71. The van der Waals surface area contributed by atoms with Gasteiger partial charge in [0.15, 0.2) is 0 Å². The number of halogens is 1. The Bertz CT molecular complexity index is 1020. The molecule has 0 atom stereocenters. The van der Waals surface area contributed by atoms with Crippen LogP contribution in [0.1, 0.15) is 26.4 Å². The largest absolute Gasteiger partial charge is 0.465 e. The zero-order valence-electron chi connectivity index (χ0n) is 15.2. The van der Waals surface area contributed by atoms with Gasteiger partial charge in [-0.2, -0.15) is 0 Å². The highest BCUT2D eigenvalue weighted by Crippen LogP contribution is 2.25. The number of nitrogens with one attached hydrogen (secondary N) is 2. The number of para-hydroxylation sites is 1. The zero-order valence-corrected chi connectivity index (χ0v) is 15.9. The Balaban J connectivity index is 1.74. The SMILES string of the molecule is COC(=O)c1ccccc1NC(=O)c1cnc(Nc2cccc(Cl)c2C)cn1. The fraction of sp³-hybridized carbons (Fsp3) is 0.100. The van der Waals surface area contributed by atoms with Crippen LogP contribution >= 0.6 is 11.6 Å². The molecule has 0 unspecified atom stereocenters. The molecule has 3 rings (SSSR count). The highest BCUT2D eigenvalue weighted by molar-refractivity contribution is 6.31. The van der Waals surface area contributed by atoms with E-state index in [1.165, 1.54) is 19.5 Å². The molecule has 8 heteroatoms. The number of methoxy groups -OCH3 is 1. The lowest BCUT2D eigenvalue weighted by Gasteiger charge is -2.11. The summed E-state index contributed by atoms with van der Waals surface area (Å²) in [6, 6.07) is 12.0. The van der Waals surface area contributed by atoms with Gasteiger partial charge in [-0.15, -0.1) is 0 Å². The number of carbonyl (C=O) groups is 2. The topological polar surface area (TPSA) is 93.2 Å². The highest BCUT2D eigenvalue weighted by atomic mass is 35.5. The molecule has 0 fully saturated rings. The van der Waals surface area contributed by atoms with Crippen LogP contribution in [-0.2, 0) is 4.74 Å². The van der Waals surface area contributed by atoms with Crippen molar-refractivity contribution in [1.82, 2.24) is 9.97 Å². The molecule has 1 heterocycles. The molecular weight excluding hydrogens is 380 g/mol. The van der Waals surface area contributed by atoms with Gasteiger partial charge in [0.05, 0.1) is 30.8 Å². The van der Waals surface area contributed by atoms with Gasteiger partial charge in [-0.3, -0.25) is 4.79 Å². The molecule has 0 aliphatic rings. The maximum atomic E-state index is 12.4. The first kappa shape index (κ1) is 19.3. The summed E-state index contributed by atoms with van der Waals surface area (Å²) in [5, 5.41) is 6.39. The lowest BCUT2D eigenvalue weighted by Crippen LogP contribution is -2.17. The summed E-state index contributed by atoms with van der Waals surface area (Å²) < 4.78 is 4.72. The summed E-state index contributed by atoms with van der Waals surface area (Å²) in [5.74, 6) is -0.565. The number of anilines is 3. The van der Waals surface area contributed by atoms with Crippen LogP contribution in [0.15, 0.2) is 54.9 Å². The van der Waals surface area contributed by atoms with Gasteiger partial charge in [0.2, 0.25) is 0 Å². The molecule has 0 aliphatic heterocycles. The van der Waals surface area contributed by atoms with Crippen LogP contribution in [0.25, 0.3) is 0 Å². The minimum absolute atomic E-state index is 0.105. The van der Waals surface area contributed by atoms with Crippen molar-refractivity contribution in [1.29, 1.82) is 0 Å². The number of carbonyl (C=O) groups excluding carboxylic acids is 2. The average molecular weight is 397 g/mol. The fourth-order valence-electron chi connectivity index (χ4n) is 2.46. The predicted octanol–water partition coefficient (Wildman–Crippen LogP) is 4.22. The van der Waals surface area contributed by atoms with E-state index in [4.69, 9.17) is 16.3 Å². The van der Waals surface area contributed by atoms with Crippen LogP contribution in [0, 0.1) is 6.92 Å². The van der Waals surface area contributed by atoms with E-state index in [1.807, 2.05) is 19.1 Å². The van der Waals surface area contributed by atoms with E-state index in [0.29, 0.717) is 16.5 Å². The smallest absolute Gasteiger partial charge is 0.339 e. The third-order valence-electron chi connectivity index (χ3n) is 4.00. The second-order valence-corrected chi connectivity index (χ2v) is 6.22. The van der Waals surface area contributed by atoms with Gasteiger partial charge in [-0.05, 0) is 36.8 Å². The van der Waals surface area contributed by atoms with Crippen LogP contribution in [0.3, 0.4) is 0 Å². The van der Waals surface area contributed by atoms with Crippen molar-refractivity contribution in [3.05, 3.63) is 76.7 Å². The molecule has 0 spiro atoms. The number of hydrogen-bond donors (Lipinski definition) is 2. The molecule has 142 valence electrons. The van der Waals surface area contributed by atoms with Gasteiger partial charge in [-0.25, -0.2) is 14.8 Å². The quantitative estimate of drug-likeness (QED) is 0.627. The van der Waals surface area contributed by atoms with E-state index in [9.17, 15) is 9.59 Å². The maximum absolute atomic E-state index is 12.4. The lowest BCUT2D eigenvalue weighted by molar-refractivity contribution is 0.0602. The Morgan fingerprint density at radius 3 is 2.46 bits per heavy atom. The Morgan fingerprint density at radius 1 is 1.00 bits per heavy atom. The van der Waals surface area contributed by atoms with Crippen molar-refractivity contribution in [2.45, 2.75) is 6.92 Å². The third kappa shape index (κ3) is 4.27. The van der Waals surface area contributed by atoms with Crippen LogP contribution in [0.4, 0.5) is 17.2 Å². The van der Waals surface area contributed by atoms with Gasteiger partial charge in [0.1, 0.15) is 11.5 Å². The summed E-state index contributed by atoms with van der Waals surface area (Å²) in [7, 11) is 1.28. The second-order valence-electron chi connectivity index (χ2n) is 5.82. The molecule has 0 saturated heterocycles. The number of benzene rings is 2. The van der Waals surface area contributed by atoms with Crippen molar-refractivity contribution in [2.75, 3.05) is 17.7 Å². The third-order valence-corrected chi connectivity index (χ3v) is 4.40. The number of ether oxygens (including phenoxy) is 1. The molecule has 0 saturated carbocycles. The number of hydrogen-bond acceptors (Lipinski definition) is 6. The first-order valence-electron chi connectivity index (χ1n) is 8.32. The number of aromatic nitrogens is 2. The van der Waals surface area contributed by atoms with Crippen molar-refractivity contribution >= 4 is 40.7 Å². The normalized spacial score (nSPS) is 10.2. The van der Waals surface area contributed by atoms with E-state index in [-0.39, 0.29) is 11.3 Å². The molecule has 0 aliphatic carbocycles. The molecule has 3 aromatic rings. The molecule has 2 aromatic carbocycles. The van der Waals surface area contributed by atoms with E-state index in [0.717, 1.165) is 11.3 Å². The summed E-state index contributed by atoms with van der Waals surface area (Å²) in [5.41, 5.74) is 2.37. The molecular formula is C20H17ClN4O3. The lowest BCUT2D eigenvalue weighted by atomic mass is 10.1. The van der Waals surface area contributed by atoms with Gasteiger partial charge in [0, 0.05) is 10.7 Å². The van der Waals surface area contributed by atoms with E-state index in [1.54, 1.807) is 30.3 Å². The number of esters is 1. The predicted molar refractivity (Wildman–Crippen MR) is 107 cm³/mol. The monoisotopic (exact) mass is 396 g/mol. The molecule has 2 N–H and O–H groups in total. The fourth-order valence-corrected chi connectivity index (χ4v) is 2.63. The van der Waals surface area contributed by atoms with Gasteiger partial charge < -0.3 is 15.4 Å². The van der Waals surface area contributed by atoms with Crippen molar-refractivity contribution < 1.29 is 14.3 Å². The summed E-state index contributed by atoms with van der Waals surface area (Å²) >= 11 is 6.11. The van der Waals surface area contributed by atoms with Crippen LogP contribution in [0.2, 0.25) is 5.02 Å². The van der Waals surface area contributed by atoms with Gasteiger partial charge in [-0.1, -0.05) is 29.8 Å². The summed E-state index contributed by atoms with van der Waals surface area (Å²) in [4.78, 5) is 32.6. The summed E-state index contributed by atoms with van der Waals surface area (Å²) in [6.45, 7) is 1.89. The van der Waals surface area contributed by atoms with Crippen LogP contribution in [0.5, 0.6) is 0 Å². The van der Waals surface area contributed by atoms with Gasteiger partial charge >= 0.3 is 5.97 Å². The van der Waals surface area contributed by atoms with Crippen molar-refractivity contribution in [3.8, 4) is 0 Å². The number of nitrogens with zero attached hydrogens (tertiary/aromatic N) is 2. The molecule has 1 amide bonds. The maximum Gasteiger partial charge on any atom is 0.339 e. The van der Waals surface area contributed by atoms with E-state index in [2.05, 4.69) is 20.6 Å². The summed E-state index contributed by atoms with van der Waals surface area (Å²) in [6.07, 6.45) is 2.79. The van der Waals surface area contributed by atoms with Crippen molar-refractivity contribution in [2.24, 2.45) is 0 Å². The first-order chi connectivity index (χ1) is 13.5. The molecule has 0 radical (unpaired) electrons. The Hall–Kier alpha value is -3.45. The van der Waals surface area contributed by atoms with Gasteiger partial charge in [0.25, 0.3) is 5.91 Å². The van der Waals surface area contributed by atoms with Crippen LogP contribution < -0.4 is 10.6 Å². The minimum Gasteiger partial charge on any atom is -0.465 e. The van der Waals surface area contributed by atoms with Crippen molar-refractivity contribution in [3.63, 3.8) is 0 Å². The van der Waals surface area contributed by atoms with E-state index < -0.39 is 11.9 Å². The minimum atomic E-state index is -0.543. The van der Waals surface area contributed by atoms with Crippen LogP contribution in [-0.4, -0.2) is 29.0 Å². The molecule has 28 heavy (non-hydrogen) atoms. The molecule has 7 nitrogen and oxygen atoms in total. The van der Waals surface area contributed by atoms with E-state index >= 15 is 0 Å². The molecule has 1 aromatic heterocycles. The Morgan fingerprint density at radius 2 is 1.75 bits per heavy atom. The second kappa shape index (κ2) is 8.49. The Labute approximate surface area is 166 Å². The number of amides is 1. The first-order valence-corrected chi connectivity index (χ1v) is 8.70. The highest BCUT2D eigenvalue weighted by Gasteiger charge is 2.15. The zero-order chi connectivity index (χ0) is 20.1.